The van der Waals surface area contributed by atoms with Crippen LogP contribution in [0.3, 0.4) is 0 Å². The zero-order valence-electron chi connectivity index (χ0n) is 21.6. The third-order valence-electron chi connectivity index (χ3n) is 6.81. The van der Waals surface area contributed by atoms with E-state index in [9.17, 15) is 9.59 Å². The fourth-order valence-corrected chi connectivity index (χ4v) is 5.99. The third kappa shape index (κ3) is 4.29. The molecule has 0 aliphatic carbocycles. The first-order chi connectivity index (χ1) is 17.8. The number of carbonyl (C=O) groups is 1. The molecule has 2 aromatic heterocycles. The van der Waals surface area contributed by atoms with Crippen LogP contribution in [-0.4, -0.2) is 22.2 Å². The lowest BCUT2D eigenvalue weighted by Crippen LogP contribution is -2.40. The number of hydrogen-bond acceptors (Lipinski definition) is 5. The number of hydrogen-bond donors (Lipinski definition) is 0. The quantitative estimate of drug-likeness (QED) is 0.370. The lowest BCUT2D eigenvalue weighted by atomic mass is 9.95. The third-order valence-corrected chi connectivity index (χ3v) is 7.80. The Hall–Kier alpha value is -3.97. The van der Waals surface area contributed by atoms with Crippen molar-refractivity contribution >= 4 is 23.4 Å². The van der Waals surface area contributed by atoms with Crippen molar-refractivity contribution in [1.29, 1.82) is 0 Å². The van der Waals surface area contributed by atoms with E-state index in [1.165, 1.54) is 24.0 Å². The van der Waals surface area contributed by atoms with Crippen LogP contribution in [0.2, 0.25) is 0 Å². The van der Waals surface area contributed by atoms with Gasteiger partial charge in [-0.15, -0.1) is 0 Å². The Bertz CT molecular complexity index is 1700. The van der Waals surface area contributed by atoms with Gasteiger partial charge in [0.15, 0.2) is 4.80 Å². The van der Waals surface area contributed by atoms with Gasteiger partial charge in [0, 0.05) is 17.1 Å². The van der Waals surface area contributed by atoms with Gasteiger partial charge < -0.3 is 9.30 Å². The summed E-state index contributed by atoms with van der Waals surface area (Å²) < 4.78 is 9.54. The molecule has 1 aliphatic heterocycles. The molecular formula is C30H29N3O3S. The maximum atomic E-state index is 13.9. The second-order valence-corrected chi connectivity index (χ2v) is 10.2. The number of benzene rings is 2. The maximum Gasteiger partial charge on any atom is 0.338 e. The first kappa shape index (κ1) is 24.7. The molecule has 37 heavy (non-hydrogen) atoms. The summed E-state index contributed by atoms with van der Waals surface area (Å²) in [5.41, 5.74) is 7.13. The van der Waals surface area contributed by atoms with E-state index in [2.05, 4.69) is 55.7 Å². The van der Waals surface area contributed by atoms with Crippen molar-refractivity contribution in [2.45, 2.75) is 40.2 Å². The Morgan fingerprint density at radius 2 is 1.78 bits per heavy atom. The zero-order chi connectivity index (χ0) is 26.3. The van der Waals surface area contributed by atoms with Crippen LogP contribution in [0.5, 0.6) is 0 Å². The minimum absolute atomic E-state index is 0.172. The van der Waals surface area contributed by atoms with Crippen molar-refractivity contribution in [3.63, 3.8) is 0 Å². The topological polar surface area (TPSA) is 65.6 Å². The second-order valence-electron chi connectivity index (χ2n) is 9.20. The molecule has 2 aromatic carbocycles. The lowest BCUT2D eigenvalue weighted by Gasteiger charge is -2.25. The molecule has 0 saturated heterocycles. The van der Waals surface area contributed by atoms with Crippen molar-refractivity contribution < 1.29 is 9.53 Å². The average molecular weight is 512 g/mol. The van der Waals surface area contributed by atoms with Crippen LogP contribution in [0.4, 0.5) is 0 Å². The summed E-state index contributed by atoms with van der Waals surface area (Å²) in [4.78, 5) is 32.1. The number of methoxy groups -OCH3 is 1. The highest BCUT2D eigenvalue weighted by Crippen LogP contribution is 2.31. The number of fused-ring (bicyclic) bond motifs is 1. The Kier molecular flexibility index (Phi) is 6.56. The van der Waals surface area contributed by atoms with Gasteiger partial charge in [0.25, 0.3) is 5.56 Å². The predicted octanol–water partition coefficient (Wildman–Crippen LogP) is 4.51. The van der Waals surface area contributed by atoms with E-state index in [1.807, 2.05) is 43.3 Å². The number of ether oxygens (including phenoxy) is 1. The molecule has 0 unspecified atom stereocenters. The monoisotopic (exact) mass is 511 g/mol. The van der Waals surface area contributed by atoms with Crippen LogP contribution in [0, 0.1) is 20.8 Å². The summed E-state index contributed by atoms with van der Waals surface area (Å²) in [5.74, 6) is -0.467. The Labute approximate surface area is 219 Å². The molecule has 0 N–H and O–H groups in total. The molecule has 3 heterocycles. The Morgan fingerprint density at radius 1 is 1.08 bits per heavy atom. The molecule has 0 spiro atoms. The van der Waals surface area contributed by atoms with Crippen molar-refractivity contribution in [3.05, 3.63) is 120 Å². The molecule has 0 amide bonds. The van der Waals surface area contributed by atoms with Gasteiger partial charge in [-0.1, -0.05) is 66.3 Å². The van der Waals surface area contributed by atoms with E-state index < -0.39 is 12.0 Å². The molecule has 0 radical (unpaired) electrons. The smallest absolute Gasteiger partial charge is 0.338 e. The minimum atomic E-state index is -0.595. The lowest BCUT2D eigenvalue weighted by molar-refractivity contribution is -0.136. The van der Waals surface area contributed by atoms with E-state index in [4.69, 9.17) is 9.73 Å². The number of aromatic nitrogens is 2. The first-order valence-corrected chi connectivity index (χ1v) is 13.1. The minimum Gasteiger partial charge on any atom is -0.466 e. The van der Waals surface area contributed by atoms with Gasteiger partial charge in [0.2, 0.25) is 0 Å². The first-order valence-electron chi connectivity index (χ1n) is 12.3. The fourth-order valence-electron chi connectivity index (χ4n) is 4.98. The molecule has 0 saturated carbocycles. The number of nitrogens with zero attached hydrogens (tertiary/aromatic N) is 3. The zero-order valence-corrected chi connectivity index (χ0v) is 22.4. The van der Waals surface area contributed by atoms with Crippen LogP contribution in [0.1, 0.15) is 47.5 Å². The van der Waals surface area contributed by atoms with Crippen molar-refractivity contribution in [2.75, 3.05) is 7.11 Å². The van der Waals surface area contributed by atoms with Crippen LogP contribution in [0.15, 0.2) is 81.7 Å². The maximum absolute atomic E-state index is 13.9. The summed E-state index contributed by atoms with van der Waals surface area (Å²) in [6.45, 7) is 8.16. The molecule has 4 aromatic rings. The van der Waals surface area contributed by atoms with Gasteiger partial charge in [-0.25, -0.2) is 9.79 Å². The highest BCUT2D eigenvalue weighted by molar-refractivity contribution is 7.07. The Balaban J connectivity index is 1.71. The normalized spacial score (nSPS) is 15.5. The van der Waals surface area contributed by atoms with Gasteiger partial charge in [0.1, 0.15) is 0 Å². The molecule has 1 atom stereocenters. The summed E-state index contributed by atoms with van der Waals surface area (Å²) >= 11 is 1.35. The van der Waals surface area contributed by atoms with Gasteiger partial charge in [-0.3, -0.25) is 9.36 Å². The van der Waals surface area contributed by atoms with Crippen molar-refractivity contribution in [3.8, 4) is 5.69 Å². The largest absolute Gasteiger partial charge is 0.466 e. The number of rotatable bonds is 5. The summed E-state index contributed by atoms with van der Waals surface area (Å²) in [6, 6.07) is 19.5. The highest BCUT2D eigenvalue weighted by atomic mass is 32.1. The van der Waals surface area contributed by atoms with E-state index in [0.717, 1.165) is 28.2 Å². The van der Waals surface area contributed by atoms with Crippen LogP contribution >= 0.6 is 11.3 Å². The van der Waals surface area contributed by atoms with Crippen LogP contribution in [-0.2, 0) is 9.53 Å². The second kappa shape index (κ2) is 9.82. The highest BCUT2D eigenvalue weighted by Gasteiger charge is 2.33. The van der Waals surface area contributed by atoms with E-state index >= 15 is 0 Å². The van der Waals surface area contributed by atoms with Crippen LogP contribution in [0.25, 0.3) is 11.8 Å². The SMILES string of the molecule is CCC1=C(C(=O)OC)[C@@H](c2ccccc2)n2c(s/c(=C/c3cc(C)n(-c4ccc(C)cc4)c3C)c2=O)=N1. The van der Waals surface area contributed by atoms with Crippen molar-refractivity contribution in [1.82, 2.24) is 9.13 Å². The predicted molar refractivity (Wildman–Crippen MR) is 147 cm³/mol. The van der Waals surface area contributed by atoms with Crippen molar-refractivity contribution in [2.24, 2.45) is 4.99 Å². The molecular weight excluding hydrogens is 482 g/mol. The van der Waals surface area contributed by atoms with E-state index in [1.54, 1.807) is 4.57 Å². The number of esters is 1. The van der Waals surface area contributed by atoms with E-state index in [-0.39, 0.29) is 5.56 Å². The average Bonchev–Trinajstić information content (AvgIpc) is 3.37. The van der Waals surface area contributed by atoms with Gasteiger partial charge in [-0.05, 0) is 62.6 Å². The number of thiazole rings is 1. The standard InChI is InChI=1S/C30H29N3O3S/c1-6-24-26(29(35)36-5)27(21-10-8-7-9-11-21)33-28(34)25(37-30(33)31-24)17-22-16-19(3)32(20(22)4)23-14-12-18(2)13-15-23/h7-17,27H,6H2,1-5H3/b25-17+/t27-/m1/s1. The molecule has 7 heteroatoms. The summed E-state index contributed by atoms with van der Waals surface area (Å²) in [7, 11) is 1.36. The van der Waals surface area contributed by atoms with Gasteiger partial charge in [0.05, 0.1) is 29.0 Å². The summed E-state index contributed by atoms with van der Waals surface area (Å²) in [6.07, 6.45) is 2.49. The molecule has 188 valence electrons. The molecule has 6 nitrogen and oxygen atoms in total. The summed E-state index contributed by atoms with van der Waals surface area (Å²) in [5, 5.41) is 0. The molecule has 0 bridgehead atoms. The number of carbonyl (C=O) groups excluding carboxylic acids is 1. The van der Waals surface area contributed by atoms with E-state index in [0.29, 0.717) is 27.0 Å². The fraction of sp³-hybridized carbons (Fsp3) is 0.233. The van der Waals surface area contributed by atoms with Gasteiger partial charge in [-0.2, -0.15) is 0 Å². The molecule has 5 rings (SSSR count). The Morgan fingerprint density at radius 3 is 2.43 bits per heavy atom. The van der Waals surface area contributed by atoms with Gasteiger partial charge >= 0.3 is 5.97 Å². The number of allylic oxidation sites excluding steroid dienone is 1. The number of aryl methyl sites for hydroxylation is 2. The van der Waals surface area contributed by atoms with Crippen LogP contribution < -0.4 is 14.9 Å². The molecule has 1 aliphatic rings. The molecule has 0 fully saturated rings.